The van der Waals surface area contributed by atoms with Gasteiger partial charge in [0.05, 0.1) is 5.69 Å². The SMILES string of the molecule is CC(C)c1ccc(N2C(=O)C(Cl)=C(Nc3cccc(C(=O)Nc4ccccc4)c3)C2=O)cc1. The Kier molecular flexibility index (Phi) is 6.29. The molecule has 0 unspecified atom stereocenters. The van der Waals surface area contributed by atoms with E-state index in [-0.39, 0.29) is 16.6 Å². The molecule has 3 aromatic carbocycles. The zero-order valence-corrected chi connectivity index (χ0v) is 18.9. The maximum absolute atomic E-state index is 13.0. The summed E-state index contributed by atoms with van der Waals surface area (Å²) in [6.07, 6.45) is 0. The number of carbonyl (C=O) groups is 3. The predicted molar refractivity (Wildman–Crippen MR) is 130 cm³/mol. The number of anilines is 3. The van der Waals surface area contributed by atoms with Crippen LogP contribution in [0.1, 0.15) is 35.7 Å². The molecule has 0 spiro atoms. The average Bonchev–Trinajstić information content (AvgIpc) is 3.03. The van der Waals surface area contributed by atoms with Crippen LogP contribution in [-0.2, 0) is 9.59 Å². The lowest BCUT2D eigenvalue weighted by atomic mass is 10.0. The summed E-state index contributed by atoms with van der Waals surface area (Å²) in [5, 5.41) is 5.52. The zero-order valence-electron chi connectivity index (χ0n) is 18.1. The molecule has 0 radical (unpaired) electrons. The van der Waals surface area contributed by atoms with E-state index in [0.29, 0.717) is 28.5 Å². The van der Waals surface area contributed by atoms with Gasteiger partial charge in [-0.05, 0) is 53.9 Å². The maximum Gasteiger partial charge on any atom is 0.283 e. The molecule has 166 valence electrons. The topological polar surface area (TPSA) is 78.5 Å². The quantitative estimate of drug-likeness (QED) is 0.477. The molecular weight excluding hydrogens is 438 g/mol. The number of halogens is 1. The number of benzene rings is 3. The molecule has 0 saturated heterocycles. The largest absolute Gasteiger partial charge is 0.350 e. The van der Waals surface area contributed by atoms with E-state index in [1.165, 1.54) is 0 Å². The number of para-hydroxylation sites is 1. The molecule has 3 aromatic rings. The minimum atomic E-state index is -0.598. The predicted octanol–water partition coefficient (Wildman–Crippen LogP) is 5.50. The van der Waals surface area contributed by atoms with Crippen molar-refractivity contribution in [2.45, 2.75) is 19.8 Å². The van der Waals surface area contributed by atoms with Crippen molar-refractivity contribution in [3.05, 3.63) is 101 Å². The smallest absolute Gasteiger partial charge is 0.283 e. The van der Waals surface area contributed by atoms with Crippen molar-refractivity contribution in [3.8, 4) is 0 Å². The summed E-state index contributed by atoms with van der Waals surface area (Å²) >= 11 is 6.24. The van der Waals surface area contributed by atoms with Crippen LogP contribution in [0, 0.1) is 0 Å². The van der Waals surface area contributed by atoms with Gasteiger partial charge in [-0.2, -0.15) is 0 Å². The van der Waals surface area contributed by atoms with Crippen molar-refractivity contribution in [1.82, 2.24) is 0 Å². The summed E-state index contributed by atoms with van der Waals surface area (Å²) in [6, 6.07) is 22.9. The van der Waals surface area contributed by atoms with Crippen molar-refractivity contribution in [2.75, 3.05) is 15.5 Å². The Bertz CT molecular complexity index is 1250. The summed E-state index contributed by atoms with van der Waals surface area (Å²) in [7, 11) is 0. The Morgan fingerprint density at radius 1 is 0.848 bits per heavy atom. The van der Waals surface area contributed by atoms with Crippen molar-refractivity contribution in [1.29, 1.82) is 0 Å². The fourth-order valence-electron chi connectivity index (χ4n) is 3.46. The molecule has 7 heteroatoms. The van der Waals surface area contributed by atoms with E-state index < -0.39 is 11.8 Å². The molecule has 1 heterocycles. The third-order valence-corrected chi connectivity index (χ3v) is 5.62. The van der Waals surface area contributed by atoms with E-state index in [1.807, 2.05) is 30.3 Å². The van der Waals surface area contributed by atoms with Crippen LogP contribution in [0.5, 0.6) is 0 Å². The Morgan fingerprint density at radius 3 is 2.18 bits per heavy atom. The van der Waals surface area contributed by atoms with Crippen molar-refractivity contribution < 1.29 is 14.4 Å². The second-order valence-corrected chi connectivity index (χ2v) is 8.28. The number of rotatable bonds is 6. The van der Waals surface area contributed by atoms with Gasteiger partial charge in [0.2, 0.25) is 0 Å². The van der Waals surface area contributed by atoms with E-state index in [2.05, 4.69) is 24.5 Å². The summed E-state index contributed by atoms with van der Waals surface area (Å²) in [6.45, 7) is 4.13. The molecule has 6 nitrogen and oxygen atoms in total. The van der Waals surface area contributed by atoms with Gasteiger partial charge in [0.25, 0.3) is 17.7 Å². The standard InChI is InChI=1S/C26H22ClN3O3/c1-16(2)17-11-13-21(14-12-17)30-25(32)22(27)23(26(30)33)28-20-10-6-7-18(15-20)24(31)29-19-8-4-3-5-9-19/h3-16,28H,1-2H3,(H,29,31). The van der Waals surface area contributed by atoms with Gasteiger partial charge < -0.3 is 10.6 Å². The van der Waals surface area contributed by atoms with Gasteiger partial charge in [-0.15, -0.1) is 0 Å². The Morgan fingerprint density at radius 2 is 1.52 bits per heavy atom. The first kappa shape index (κ1) is 22.3. The fraction of sp³-hybridized carbons (Fsp3) is 0.115. The van der Waals surface area contributed by atoms with E-state index in [0.717, 1.165) is 10.5 Å². The molecule has 0 atom stereocenters. The summed E-state index contributed by atoms with van der Waals surface area (Å²) < 4.78 is 0. The van der Waals surface area contributed by atoms with Crippen LogP contribution >= 0.6 is 11.6 Å². The number of imide groups is 1. The highest BCUT2D eigenvalue weighted by molar-refractivity contribution is 6.53. The zero-order chi connectivity index (χ0) is 23.5. The molecule has 0 fully saturated rings. The molecule has 3 amide bonds. The Balaban J connectivity index is 1.53. The maximum atomic E-state index is 13.0. The van der Waals surface area contributed by atoms with Crippen molar-refractivity contribution in [2.24, 2.45) is 0 Å². The van der Waals surface area contributed by atoms with Crippen LogP contribution in [0.2, 0.25) is 0 Å². The van der Waals surface area contributed by atoms with Crippen LogP contribution in [0.15, 0.2) is 89.6 Å². The Hall–Kier alpha value is -3.90. The van der Waals surface area contributed by atoms with Gasteiger partial charge in [0.15, 0.2) is 0 Å². The third-order valence-electron chi connectivity index (χ3n) is 5.27. The molecule has 0 aliphatic carbocycles. The van der Waals surface area contributed by atoms with Gasteiger partial charge in [0.1, 0.15) is 10.7 Å². The lowest BCUT2D eigenvalue weighted by molar-refractivity contribution is -0.120. The van der Waals surface area contributed by atoms with E-state index >= 15 is 0 Å². The molecule has 0 bridgehead atoms. The fourth-order valence-corrected chi connectivity index (χ4v) is 3.67. The molecule has 0 saturated carbocycles. The third kappa shape index (κ3) is 4.66. The first-order valence-electron chi connectivity index (χ1n) is 10.5. The second-order valence-electron chi connectivity index (χ2n) is 7.91. The number of carbonyl (C=O) groups excluding carboxylic acids is 3. The van der Waals surface area contributed by atoms with Gasteiger partial charge in [-0.25, -0.2) is 4.90 Å². The van der Waals surface area contributed by atoms with Crippen molar-refractivity contribution in [3.63, 3.8) is 0 Å². The van der Waals surface area contributed by atoms with E-state index in [9.17, 15) is 14.4 Å². The van der Waals surface area contributed by atoms with Crippen LogP contribution in [0.4, 0.5) is 17.1 Å². The van der Waals surface area contributed by atoms with Crippen LogP contribution in [0.3, 0.4) is 0 Å². The summed E-state index contributed by atoms with van der Waals surface area (Å²) in [5.74, 6) is -1.12. The number of amides is 3. The van der Waals surface area contributed by atoms with Crippen LogP contribution < -0.4 is 15.5 Å². The first-order chi connectivity index (χ1) is 15.8. The normalized spacial score (nSPS) is 13.6. The molecule has 2 N–H and O–H groups in total. The van der Waals surface area contributed by atoms with Gasteiger partial charge in [-0.1, -0.05) is 61.8 Å². The monoisotopic (exact) mass is 459 g/mol. The average molecular weight is 460 g/mol. The minimum Gasteiger partial charge on any atom is -0.350 e. The molecule has 1 aliphatic rings. The first-order valence-corrected chi connectivity index (χ1v) is 10.8. The second kappa shape index (κ2) is 9.30. The highest BCUT2D eigenvalue weighted by atomic mass is 35.5. The number of hydrogen-bond donors (Lipinski definition) is 2. The van der Waals surface area contributed by atoms with Gasteiger partial charge in [0, 0.05) is 16.9 Å². The summed E-state index contributed by atoms with van der Waals surface area (Å²) in [5.41, 5.74) is 3.03. The van der Waals surface area contributed by atoms with Crippen LogP contribution in [-0.4, -0.2) is 17.7 Å². The molecule has 33 heavy (non-hydrogen) atoms. The molecular formula is C26H22ClN3O3. The minimum absolute atomic E-state index is 0.0322. The van der Waals surface area contributed by atoms with Gasteiger partial charge >= 0.3 is 0 Å². The van der Waals surface area contributed by atoms with Crippen LogP contribution in [0.25, 0.3) is 0 Å². The van der Waals surface area contributed by atoms with E-state index in [1.54, 1.807) is 48.5 Å². The number of nitrogens with zero attached hydrogens (tertiary/aromatic N) is 1. The lowest BCUT2D eigenvalue weighted by Gasteiger charge is -2.16. The van der Waals surface area contributed by atoms with E-state index in [4.69, 9.17) is 11.6 Å². The number of hydrogen-bond acceptors (Lipinski definition) is 4. The molecule has 4 rings (SSSR count). The molecule has 1 aliphatic heterocycles. The van der Waals surface area contributed by atoms with Gasteiger partial charge in [-0.3, -0.25) is 14.4 Å². The summed E-state index contributed by atoms with van der Waals surface area (Å²) in [4.78, 5) is 39.4. The Labute approximate surface area is 196 Å². The lowest BCUT2D eigenvalue weighted by Crippen LogP contribution is -2.32. The highest BCUT2D eigenvalue weighted by Crippen LogP contribution is 2.31. The number of nitrogens with one attached hydrogen (secondary N) is 2. The van der Waals surface area contributed by atoms with Crippen molar-refractivity contribution >= 4 is 46.4 Å². The highest BCUT2D eigenvalue weighted by Gasteiger charge is 2.39. The molecule has 0 aromatic heterocycles.